The molecule has 1 heterocycles. The molecule has 0 bridgehead atoms. The van der Waals surface area contributed by atoms with Crippen LogP contribution in [0.3, 0.4) is 0 Å². The van der Waals surface area contributed by atoms with Crippen molar-refractivity contribution in [2.24, 2.45) is 0 Å². The minimum absolute atomic E-state index is 0.140. The summed E-state index contributed by atoms with van der Waals surface area (Å²) < 4.78 is 5.29. The smallest absolute Gasteiger partial charge is 0.265 e. The van der Waals surface area contributed by atoms with Crippen molar-refractivity contribution < 1.29 is 9.21 Å². The van der Waals surface area contributed by atoms with Gasteiger partial charge in [0.2, 0.25) is 5.78 Å². The molecule has 72 valence electrons. The van der Waals surface area contributed by atoms with Gasteiger partial charge in [0, 0.05) is 0 Å². The van der Waals surface area contributed by atoms with Gasteiger partial charge in [-0.2, -0.15) is 0 Å². The van der Waals surface area contributed by atoms with E-state index in [2.05, 4.69) is 20.9 Å². The zero-order chi connectivity index (χ0) is 10.1. The molecule has 0 fully saturated rings. The average molecular weight is 254 g/mol. The van der Waals surface area contributed by atoms with Gasteiger partial charge in [0.05, 0.1) is 5.33 Å². The Balaban J connectivity index is 2.56. The summed E-state index contributed by atoms with van der Waals surface area (Å²) in [5.74, 6) is 0.0290. The number of aryl methyl sites for hydroxylation is 1. The van der Waals surface area contributed by atoms with Crippen LogP contribution in [-0.4, -0.2) is 16.1 Å². The maximum absolute atomic E-state index is 11.3. The number of benzene rings is 1. The lowest BCUT2D eigenvalue weighted by atomic mass is 10.2. The lowest BCUT2D eigenvalue weighted by Crippen LogP contribution is -1.99. The van der Waals surface area contributed by atoms with E-state index in [4.69, 9.17) is 4.42 Å². The molecular weight excluding hydrogens is 246 g/mol. The van der Waals surface area contributed by atoms with Crippen LogP contribution in [0.2, 0.25) is 0 Å². The molecule has 0 aliphatic carbocycles. The molecule has 3 nitrogen and oxygen atoms in total. The van der Waals surface area contributed by atoms with Gasteiger partial charge in [-0.15, -0.1) is 0 Å². The monoisotopic (exact) mass is 253 g/mol. The number of Topliss-reactive ketones (excluding diaryl/α,β-unsaturated/α-hetero) is 1. The van der Waals surface area contributed by atoms with Crippen LogP contribution in [0, 0.1) is 6.92 Å². The normalized spacial score (nSPS) is 10.7. The highest BCUT2D eigenvalue weighted by molar-refractivity contribution is 9.09. The Labute approximate surface area is 89.3 Å². The van der Waals surface area contributed by atoms with Gasteiger partial charge in [-0.05, 0) is 24.6 Å². The third-order valence-electron chi connectivity index (χ3n) is 1.90. The standard InChI is InChI=1S/C10H8BrNO2/c1-6-2-3-9-7(4-6)12-10(14-9)8(13)5-11/h2-4H,5H2,1H3. The van der Waals surface area contributed by atoms with Crippen molar-refractivity contribution in [3.05, 3.63) is 29.7 Å². The van der Waals surface area contributed by atoms with E-state index in [-0.39, 0.29) is 17.0 Å². The fraction of sp³-hybridized carbons (Fsp3) is 0.200. The first-order chi connectivity index (χ1) is 6.70. The molecule has 4 heteroatoms. The molecule has 0 radical (unpaired) electrons. The van der Waals surface area contributed by atoms with Gasteiger partial charge in [0.15, 0.2) is 5.58 Å². The molecule has 0 spiro atoms. The van der Waals surface area contributed by atoms with Crippen LogP contribution in [0.4, 0.5) is 0 Å². The predicted molar refractivity (Wildman–Crippen MR) is 56.9 cm³/mol. The molecule has 14 heavy (non-hydrogen) atoms. The van der Waals surface area contributed by atoms with Gasteiger partial charge in [0.1, 0.15) is 5.52 Å². The first-order valence-corrected chi connectivity index (χ1v) is 5.29. The molecule has 1 aromatic carbocycles. The minimum Gasteiger partial charge on any atom is -0.434 e. The summed E-state index contributed by atoms with van der Waals surface area (Å²) in [6, 6.07) is 5.64. The third kappa shape index (κ3) is 1.57. The molecule has 0 N–H and O–H groups in total. The number of hydrogen-bond donors (Lipinski definition) is 0. The number of oxazole rings is 1. The molecule has 0 saturated carbocycles. The summed E-state index contributed by atoms with van der Waals surface area (Å²) in [5.41, 5.74) is 2.48. The quantitative estimate of drug-likeness (QED) is 0.611. The fourth-order valence-electron chi connectivity index (χ4n) is 1.21. The van der Waals surface area contributed by atoms with E-state index in [9.17, 15) is 4.79 Å². The van der Waals surface area contributed by atoms with Crippen molar-refractivity contribution in [1.29, 1.82) is 0 Å². The van der Waals surface area contributed by atoms with E-state index in [0.29, 0.717) is 5.58 Å². The van der Waals surface area contributed by atoms with E-state index in [1.54, 1.807) is 0 Å². The summed E-state index contributed by atoms with van der Waals surface area (Å²) in [6.07, 6.45) is 0. The molecule has 0 amide bonds. The first-order valence-electron chi connectivity index (χ1n) is 4.17. The number of fused-ring (bicyclic) bond motifs is 1. The van der Waals surface area contributed by atoms with Crippen LogP contribution >= 0.6 is 15.9 Å². The zero-order valence-corrected chi connectivity index (χ0v) is 9.17. The molecule has 0 saturated heterocycles. The second-order valence-corrected chi connectivity index (χ2v) is 3.61. The highest BCUT2D eigenvalue weighted by atomic mass is 79.9. The molecule has 2 aromatic rings. The van der Waals surface area contributed by atoms with Gasteiger partial charge >= 0.3 is 0 Å². The Morgan fingerprint density at radius 2 is 2.36 bits per heavy atom. The average Bonchev–Trinajstić information content (AvgIpc) is 2.59. The third-order valence-corrected chi connectivity index (χ3v) is 2.41. The number of carbonyl (C=O) groups excluding carboxylic acids is 1. The van der Waals surface area contributed by atoms with E-state index in [1.807, 2.05) is 25.1 Å². The summed E-state index contributed by atoms with van der Waals surface area (Å²) in [7, 11) is 0. The molecule has 1 aromatic heterocycles. The Hall–Kier alpha value is -1.16. The first kappa shape index (κ1) is 9.40. The second kappa shape index (κ2) is 3.53. The lowest BCUT2D eigenvalue weighted by Gasteiger charge is -1.87. The minimum atomic E-state index is -0.140. The van der Waals surface area contributed by atoms with Gasteiger partial charge < -0.3 is 4.42 Å². The molecule has 0 unspecified atom stereocenters. The highest BCUT2D eigenvalue weighted by Gasteiger charge is 2.12. The van der Waals surface area contributed by atoms with Crippen LogP contribution in [0.5, 0.6) is 0 Å². The van der Waals surface area contributed by atoms with Gasteiger partial charge in [-0.25, -0.2) is 4.98 Å². The van der Waals surface area contributed by atoms with E-state index in [1.165, 1.54) is 0 Å². The number of ketones is 1. The van der Waals surface area contributed by atoms with Crippen LogP contribution < -0.4 is 0 Å². The number of halogens is 1. The fourth-order valence-corrected chi connectivity index (χ4v) is 1.45. The zero-order valence-electron chi connectivity index (χ0n) is 7.58. The van der Waals surface area contributed by atoms with Gasteiger partial charge in [-0.1, -0.05) is 22.0 Å². The van der Waals surface area contributed by atoms with Crippen molar-refractivity contribution in [1.82, 2.24) is 4.98 Å². The number of alkyl halides is 1. The number of aromatic nitrogens is 1. The Kier molecular flexibility index (Phi) is 2.37. The topological polar surface area (TPSA) is 43.1 Å². The van der Waals surface area contributed by atoms with E-state index in [0.717, 1.165) is 11.1 Å². The van der Waals surface area contributed by atoms with E-state index >= 15 is 0 Å². The second-order valence-electron chi connectivity index (χ2n) is 3.05. The number of rotatable bonds is 2. The number of nitrogens with zero attached hydrogens (tertiary/aromatic N) is 1. The Morgan fingerprint density at radius 3 is 3.07 bits per heavy atom. The summed E-state index contributed by atoms with van der Waals surface area (Å²) >= 11 is 3.07. The largest absolute Gasteiger partial charge is 0.434 e. The maximum atomic E-state index is 11.3. The lowest BCUT2D eigenvalue weighted by molar-refractivity contribution is 0.0989. The van der Waals surface area contributed by atoms with Crippen molar-refractivity contribution >= 4 is 32.8 Å². The van der Waals surface area contributed by atoms with Crippen LogP contribution in [0.15, 0.2) is 22.6 Å². The Morgan fingerprint density at radius 1 is 1.57 bits per heavy atom. The highest BCUT2D eigenvalue weighted by Crippen LogP contribution is 2.17. The summed E-state index contributed by atoms with van der Waals surface area (Å²) in [6.45, 7) is 1.97. The van der Waals surface area contributed by atoms with E-state index < -0.39 is 0 Å². The summed E-state index contributed by atoms with van der Waals surface area (Å²) in [5, 5.41) is 0.235. The maximum Gasteiger partial charge on any atom is 0.265 e. The van der Waals surface area contributed by atoms with Gasteiger partial charge in [-0.3, -0.25) is 4.79 Å². The predicted octanol–water partition coefficient (Wildman–Crippen LogP) is 2.71. The van der Waals surface area contributed by atoms with Crippen molar-refractivity contribution in [3.63, 3.8) is 0 Å². The van der Waals surface area contributed by atoms with Crippen LogP contribution in [0.1, 0.15) is 16.2 Å². The molecule has 2 rings (SSSR count). The van der Waals surface area contributed by atoms with Crippen molar-refractivity contribution in [3.8, 4) is 0 Å². The van der Waals surface area contributed by atoms with Crippen molar-refractivity contribution in [2.45, 2.75) is 6.92 Å². The summed E-state index contributed by atoms with van der Waals surface area (Å²) in [4.78, 5) is 15.4. The van der Waals surface area contributed by atoms with Crippen LogP contribution in [-0.2, 0) is 0 Å². The Bertz CT molecular complexity index is 490. The van der Waals surface area contributed by atoms with Gasteiger partial charge in [0.25, 0.3) is 5.89 Å². The molecular formula is C10H8BrNO2. The molecule has 0 aliphatic heterocycles. The van der Waals surface area contributed by atoms with Crippen LogP contribution in [0.25, 0.3) is 11.1 Å². The molecule has 0 atom stereocenters. The molecule has 0 aliphatic rings. The van der Waals surface area contributed by atoms with Crippen molar-refractivity contribution in [2.75, 3.05) is 5.33 Å². The number of hydrogen-bond acceptors (Lipinski definition) is 3. The number of carbonyl (C=O) groups is 1. The SMILES string of the molecule is Cc1ccc2oc(C(=O)CBr)nc2c1.